The highest BCUT2D eigenvalue weighted by Gasteiger charge is 2.27. The minimum atomic E-state index is -2.97. The van der Waals surface area contributed by atoms with Crippen LogP contribution in [0.25, 0.3) is 6.08 Å². The van der Waals surface area contributed by atoms with Gasteiger partial charge in [-0.3, -0.25) is 0 Å². The molecule has 1 aliphatic rings. The van der Waals surface area contributed by atoms with Crippen LogP contribution in [0.1, 0.15) is 16.0 Å². The van der Waals surface area contributed by atoms with E-state index in [0.717, 1.165) is 10.4 Å². The van der Waals surface area contributed by atoms with Gasteiger partial charge < -0.3 is 9.47 Å². The molecule has 23 heavy (non-hydrogen) atoms. The van der Waals surface area contributed by atoms with Crippen molar-refractivity contribution in [2.24, 2.45) is 4.99 Å². The number of hydrogen-bond acceptors (Lipinski definition) is 5. The van der Waals surface area contributed by atoms with E-state index in [4.69, 9.17) is 4.74 Å². The molecule has 0 saturated heterocycles. The molecule has 0 amide bonds. The summed E-state index contributed by atoms with van der Waals surface area (Å²) in [5, 5.41) is 1.90. The Morgan fingerprint density at radius 1 is 1.30 bits per heavy atom. The molecular weight excluding hydrogens is 324 g/mol. The molecule has 0 fully saturated rings. The van der Waals surface area contributed by atoms with E-state index in [1.165, 1.54) is 23.5 Å². The summed E-state index contributed by atoms with van der Waals surface area (Å²) in [6.45, 7) is -1.06. The second kappa shape index (κ2) is 6.29. The Kier molecular flexibility index (Phi) is 4.20. The zero-order valence-corrected chi connectivity index (χ0v) is 12.8. The van der Waals surface area contributed by atoms with Gasteiger partial charge in [0.1, 0.15) is 5.75 Å². The molecule has 0 aliphatic carbocycles. The number of benzene rings is 1. The van der Waals surface area contributed by atoms with Crippen LogP contribution < -0.4 is 4.74 Å². The van der Waals surface area contributed by atoms with E-state index < -0.39 is 12.6 Å². The van der Waals surface area contributed by atoms with Crippen molar-refractivity contribution in [2.45, 2.75) is 13.5 Å². The topological polar surface area (TPSA) is 47.9 Å². The standard InChI is InChI=1S/C16H11F2NO3S/c1-9-6-7-23-13(9)8-11-15(20)22-14(19-11)10-4-2-3-5-12(10)21-16(17)18/h2-8,16H,1H3/b11-8-. The average molecular weight is 335 g/mol. The first-order chi connectivity index (χ1) is 11.0. The van der Waals surface area contributed by atoms with Crippen LogP contribution >= 0.6 is 11.3 Å². The highest BCUT2D eigenvalue weighted by molar-refractivity contribution is 7.11. The molecule has 2 aromatic rings. The second-order valence-corrected chi connectivity index (χ2v) is 5.63. The normalized spacial score (nSPS) is 15.9. The van der Waals surface area contributed by atoms with Crippen LogP contribution in [0, 0.1) is 6.92 Å². The summed E-state index contributed by atoms with van der Waals surface area (Å²) in [6.07, 6.45) is 1.62. The minimum Gasteiger partial charge on any atom is -0.434 e. The number of carbonyl (C=O) groups is 1. The number of ether oxygens (including phenoxy) is 2. The van der Waals surface area contributed by atoms with Gasteiger partial charge in [0.05, 0.1) is 5.56 Å². The minimum absolute atomic E-state index is 0.0493. The van der Waals surface area contributed by atoms with Crippen molar-refractivity contribution in [3.8, 4) is 5.75 Å². The van der Waals surface area contributed by atoms with Crippen molar-refractivity contribution in [1.82, 2.24) is 0 Å². The summed E-state index contributed by atoms with van der Waals surface area (Å²) in [7, 11) is 0. The molecule has 0 N–H and O–H groups in total. The number of esters is 1. The van der Waals surface area contributed by atoms with Gasteiger partial charge in [0.2, 0.25) is 5.90 Å². The van der Waals surface area contributed by atoms with Gasteiger partial charge in [-0.25, -0.2) is 9.79 Å². The molecular formula is C16H11F2NO3S. The zero-order valence-electron chi connectivity index (χ0n) is 12.0. The predicted octanol–water partition coefficient (Wildman–Crippen LogP) is 4.00. The van der Waals surface area contributed by atoms with Gasteiger partial charge in [-0.2, -0.15) is 8.78 Å². The molecule has 1 aromatic heterocycles. The van der Waals surface area contributed by atoms with Gasteiger partial charge in [0.25, 0.3) is 0 Å². The number of halogens is 2. The van der Waals surface area contributed by atoms with Crippen molar-refractivity contribution < 1.29 is 23.0 Å². The molecule has 0 unspecified atom stereocenters. The lowest BCUT2D eigenvalue weighted by Crippen LogP contribution is -2.10. The molecule has 0 saturated carbocycles. The van der Waals surface area contributed by atoms with E-state index in [9.17, 15) is 13.6 Å². The van der Waals surface area contributed by atoms with E-state index in [1.807, 2.05) is 18.4 Å². The first kappa shape index (κ1) is 15.4. The number of para-hydroxylation sites is 1. The van der Waals surface area contributed by atoms with Crippen LogP contribution in [-0.2, 0) is 9.53 Å². The first-order valence-electron chi connectivity index (χ1n) is 6.65. The van der Waals surface area contributed by atoms with Crippen LogP contribution in [0.4, 0.5) is 8.78 Å². The van der Waals surface area contributed by atoms with Crippen molar-refractivity contribution in [3.63, 3.8) is 0 Å². The number of carbonyl (C=O) groups excluding carboxylic acids is 1. The van der Waals surface area contributed by atoms with E-state index in [0.29, 0.717) is 0 Å². The Balaban J connectivity index is 1.96. The van der Waals surface area contributed by atoms with Gasteiger partial charge in [0.15, 0.2) is 5.70 Å². The SMILES string of the molecule is Cc1ccsc1/C=C1\N=C(c2ccccc2OC(F)F)OC1=O. The Bertz CT molecular complexity index is 811. The van der Waals surface area contributed by atoms with Crippen molar-refractivity contribution in [2.75, 3.05) is 0 Å². The predicted molar refractivity (Wildman–Crippen MR) is 82.7 cm³/mol. The van der Waals surface area contributed by atoms with E-state index in [-0.39, 0.29) is 22.9 Å². The monoisotopic (exact) mass is 335 g/mol. The lowest BCUT2D eigenvalue weighted by molar-refractivity contribution is -0.129. The number of aryl methyl sites for hydroxylation is 1. The Morgan fingerprint density at radius 2 is 2.09 bits per heavy atom. The quantitative estimate of drug-likeness (QED) is 0.627. The van der Waals surface area contributed by atoms with Crippen LogP contribution in [0.5, 0.6) is 5.75 Å². The third-order valence-corrected chi connectivity index (χ3v) is 4.09. The van der Waals surface area contributed by atoms with E-state index in [1.54, 1.807) is 18.2 Å². The molecule has 7 heteroatoms. The highest BCUT2D eigenvalue weighted by Crippen LogP contribution is 2.27. The van der Waals surface area contributed by atoms with Gasteiger partial charge in [-0.1, -0.05) is 12.1 Å². The van der Waals surface area contributed by atoms with Gasteiger partial charge in [-0.05, 0) is 42.1 Å². The molecule has 118 valence electrons. The maximum atomic E-state index is 12.5. The molecule has 4 nitrogen and oxygen atoms in total. The van der Waals surface area contributed by atoms with E-state index in [2.05, 4.69) is 9.73 Å². The first-order valence-corrected chi connectivity index (χ1v) is 7.53. The average Bonchev–Trinajstić information content (AvgIpc) is 3.06. The molecule has 0 atom stereocenters. The number of alkyl halides is 2. The molecule has 3 rings (SSSR count). The number of nitrogens with zero attached hydrogens (tertiary/aromatic N) is 1. The fourth-order valence-corrected chi connectivity index (χ4v) is 2.88. The highest BCUT2D eigenvalue weighted by atomic mass is 32.1. The summed E-state index contributed by atoms with van der Waals surface area (Å²) < 4.78 is 34.4. The maximum Gasteiger partial charge on any atom is 0.387 e. The fourth-order valence-electron chi connectivity index (χ4n) is 2.02. The van der Waals surface area contributed by atoms with Crippen LogP contribution in [-0.4, -0.2) is 18.5 Å². The molecule has 2 heterocycles. The Labute approximate surface area is 134 Å². The molecule has 0 spiro atoms. The largest absolute Gasteiger partial charge is 0.434 e. The third-order valence-electron chi connectivity index (χ3n) is 3.12. The maximum absolute atomic E-state index is 12.5. The Morgan fingerprint density at radius 3 is 2.78 bits per heavy atom. The fraction of sp³-hybridized carbons (Fsp3) is 0.125. The lowest BCUT2D eigenvalue weighted by atomic mass is 10.2. The number of hydrogen-bond donors (Lipinski definition) is 0. The molecule has 0 bridgehead atoms. The third kappa shape index (κ3) is 3.29. The van der Waals surface area contributed by atoms with Crippen molar-refractivity contribution in [3.05, 3.63) is 57.4 Å². The number of aliphatic imine (C=N–C) groups is 1. The summed E-state index contributed by atoms with van der Waals surface area (Å²) in [6, 6.07) is 7.96. The van der Waals surface area contributed by atoms with Gasteiger partial charge >= 0.3 is 12.6 Å². The second-order valence-electron chi connectivity index (χ2n) is 4.68. The van der Waals surface area contributed by atoms with Crippen molar-refractivity contribution in [1.29, 1.82) is 0 Å². The van der Waals surface area contributed by atoms with Crippen LogP contribution in [0.15, 0.2) is 46.4 Å². The van der Waals surface area contributed by atoms with Gasteiger partial charge in [-0.15, -0.1) is 11.3 Å². The Hall–Kier alpha value is -2.54. The number of rotatable bonds is 4. The number of cyclic esters (lactones) is 1. The zero-order chi connectivity index (χ0) is 16.4. The van der Waals surface area contributed by atoms with Crippen LogP contribution in [0.3, 0.4) is 0 Å². The number of thiophene rings is 1. The summed E-state index contributed by atoms with van der Waals surface area (Å²) in [5.74, 6) is -0.769. The summed E-state index contributed by atoms with van der Waals surface area (Å²) in [4.78, 5) is 16.9. The molecule has 0 radical (unpaired) electrons. The van der Waals surface area contributed by atoms with Crippen LogP contribution in [0.2, 0.25) is 0 Å². The van der Waals surface area contributed by atoms with Crippen molar-refractivity contribution >= 4 is 29.3 Å². The molecule has 1 aliphatic heterocycles. The summed E-state index contributed by atoms with van der Waals surface area (Å²) >= 11 is 1.47. The lowest BCUT2D eigenvalue weighted by Gasteiger charge is -2.08. The molecule has 1 aromatic carbocycles. The smallest absolute Gasteiger partial charge is 0.387 e. The van der Waals surface area contributed by atoms with E-state index >= 15 is 0 Å². The van der Waals surface area contributed by atoms with Gasteiger partial charge in [0, 0.05) is 4.88 Å². The summed E-state index contributed by atoms with van der Waals surface area (Å²) in [5.41, 5.74) is 1.34.